The molecule has 1 aromatic carbocycles. The average molecular weight is 255 g/mol. The summed E-state index contributed by atoms with van der Waals surface area (Å²) in [6.07, 6.45) is 9.09. The molecule has 1 saturated carbocycles. The monoisotopic (exact) mass is 255 g/mol. The van der Waals surface area contributed by atoms with Gasteiger partial charge in [-0.3, -0.25) is 4.98 Å². The van der Waals surface area contributed by atoms with Crippen LogP contribution in [0.5, 0.6) is 5.75 Å². The molecule has 0 aliphatic heterocycles. The van der Waals surface area contributed by atoms with E-state index in [1.165, 1.54) is 19.3 Å². The molecule has 0 bridgehead atoms. The molecule has 2 aromatic rings. The van der Waals surface area contributed by atoms with Crippen molar-refractivity contribution in [1.82, 2.24) is 9.97 Å². The standard InChI is InChI=1S/C15H17N3O/c1-2-7-14(19-13-5-3-6-13)12(4-1)10-18-15-11-16-8-9-17-15/h1-2,4,7-9,11,13H,3,5-6,10H2,(H,17,18). The van der Waals surface area contributed by atoms with Gasteiger partial charge in [-0.05, 0) is 25.3 Å². The second-order valence-electron chi connectivity index (χ2n) is 4.72. The number of para-hydroxylation sites is 1. The van der Waals surface area contributed by atoms with Crippen LogP contribution >= 0.6 is 0 Å². The van der Waals surface area contributed by atoms with Gasteiger partial charge >= 0.3 is 0 Å². The van der Waals surface area contributed by atoms with E-state index in [1.54, 1.807) is 18.6 Å². The van der Waals surface area contributed by atoms with Gasteiger partial charge in [-0.15, -0.1) is 0 Å². The van der Waals surface area contributed by atoms with Gasteiger partial charge in [0, 0.05) is 24.5 Å². The van der Waals surface area contributed by atoms with Gasteiger partial charge in [0.05, 0.1) is 12.3 Å². The second kappa shape index (κ2) is 5.69. The summed E-state index contributed by atoms with van der Waals surface area (Å²) in [6.45, 7) is 0.696. The van der Waals surface area contributed by atoms with Gasteiger partial charge in [0.15, 0.2) is 0 Å². The molecule has 1 aliphatic rings. The lowest BCUT2D eigenvalue weighted by Crippen LogP contribution is -2.25. The molecule has 0 atom stereocenters. The lowest BCUT2D eigenvalue weighted by molar-refractivity contribution is 0.119. The van der Waals surface area contributed by atoms with E-state index in [0.29, 0.717) is 12.6 Å². The minimum atomic E-state index is 0.401. The average Bonchev–Trinajstić information content (AvgIpc) is 2.43. The number of nitrogens with zero attached hydrogens (tertiary/aromatic N) is 2. The topological polar surface area (TPSA) is 47.0 Å². The van der Waals surface area contributed by atoms with Crippen LogP contribution in [0, 0.1) is 0 Å². The Labute approximate surface area is 112 Å². The Hall–Kier alpha value is -2.10. The first-order valence-corrected chi connectivity index (χ1v) is 6.66. The highest BCUT2D eigenvalue weighted by molar-refractivity contribution is 5.38. The Balaban J connectivity index is 1.66. The fourth-order valence-corrected chi connectivity index (χ4v) is 2.01. The SMILES string of the molecule is c1ccc(OC2CCC2)c(CNc2cnccn2)c1. The predicted octanol–water partition coefficient (Wildman–Crippen LogP) is 3.02. The molecule has 0 spiro atoms. The molecule has 0 unspecified atom stereocenters. The van der Waals surface area contributed by atoms with Gasteiger partial charge in [0.1, 0.15) is 11.6 Å². The molecule has 98 valence electrons. The maximum atomic E-state index is 5.99. The van der Waals surface area contributed by atoms with E-state index < -0.39 is 0 Å². The van der Waals surface area contributed by atoms with Crippen LogP contribution in [-0.2, 0) is 6.54 Å². The number of benzene rings is 1. The molecule has 1 aliphatic carbocycles. The largest absolute Gasteiger partial charge is 0.490 e. The number of ether oxygens (including phenoxy) is 1. The van der Waals surface area contributed by atoms with Crippen molar-refractivity contribution < 1.29 is 4.74 Å². The third kappa shape index (κ3) is 3.02. The lowest BCUT2D eigenvalue weighted by atomic mass is 9.96. The summed E-state index contributed by atoms with van der Waals surface area (Å²) < 4.78 is 5.99. The Kier molecular flexibility index (Phi) is 3.58. The summed E-state index contributed by atoms with van der Waals surface area (Å²) in [7, 11) is 0. The first-order valence-electron chi connectivity index (χ1n) is 6.66. The molecule has 1 heterocycles. The summed E-state index contributed by atoms with van der Waals surface area (Å²) in [5.74, 6) is 1.75. The minimum absolute atomic E-state index is 0.401. The molecule has 19 heavy (non-hydrogen) atoms. The fourth-order valence-electron chi connectivity index (χ4n) is 2.01. The van der Waals surface area contributed by atoms with Crippen molar-refractivity contribution in [1.29, 1.82) is 0 Å². The summed E-state index contributed by atoms with van der Waals surface area (Å²) in [6, 6.07) is 8.16. The highest BCUT2D eigenvalue weighted by Gasteiger charge is 2.19. The Morgan fingerprint density at radius 3 is 2.84 bits per heavy atom. The van der Waals surface area contributed by atoms with Crippen molar-refractivity contribution in [2.24, 2.45) is 0 Å². The van der Waals surface area contributed by atoms with E-state index >= 15 is 0 Å². The van der Waals surface area contributed by atoms with Gasteiger partial charge in [0.2, 0.25) is 0 Å². The van der Waals surface area contributed by atoms with Crippen LogP contribution in [0.2, 0.25) is 0 Å². The Bertz CT molecular complexity index is 526. The van der Waals surface area contributed by atoms with Crippen LogP contribution in [0.15, 0.2) is 42.9 Å². The van der Waals surface area contributed by atoms with E-state index in [4.69, 9.17) is 4.74 Å². The van der Waals surface area contributed by atoms with Crippen LogP contribution < -0.4 is 10.1 Å². The van der Waals surface area contributed by atoms with Crippen LogP contribution in [0.3, 0.4) is 0 Å². The maximum absolute atomic E-state index is 5.99. The first-order chi connectivity index (χ1) is 9.42. The fraction of sp³-hybridized carbons (Fsp3) is 0.333. The lowest BCUT2D eigenvalue weighted by Gasteiger charge is -2.27. The van der Waals surface area contributed by atoms with Crippen molar-refractivity contribution >= 4 is 5.82 Å². The number of hydrogen-bond donors (Lipinski definition) is 1. The smallest absolute Gasteiger partial charge is 0.144 e. The zero-order valence-corrected chi connectivity index (χ0v) is 10.7. The molecular formula is C15H17N3O. The Morgan fingerprint density at radius 2 is 2.11 bits per heavy atom. The molecule has 4 heteroatoms. The first kappa shape index (κ1) is 12.0. The van der Waals surface area contributed by atoms with Gasteiger partial charge < -0.3 is 10.1 Å². The normalized spacial score (nSPS) is 14.7. The highest BCUT2D eigenvalue weighted by Crippen LogP contribution is 2.27. The molecule has 3 rings (SSSR count). The van der Waals surface area contributed by atoms with Gasteiger partial charge in [-0.25, -0.2) is 4.98 Å². The molecule has 4 nitrogen and oxygen atoms in total. The number of rotatable bonds is 5. The van der Waals surface area contributed by atoms with E-state index in [9.17, 15) is 0 Å². The number of nitrogens with one attached hydrogen (secondary N) is 1. The zero-order valence-electron chi connectivity index (χ0n) is 10.7. The van der Waals surface area contributed by atoms with Crippen LogP contribution in [0.4, 0.5) is 5.82 Å². The molecule has 0 saturated heterocycles. The number of anilines is 1. The van der Waals surface area contributed by atoms with Crippen LogP contribution in [-0.4, -0.2) is 16.1 Å². The third-order valence-electron chi connectivity index (χ3n) is 3.34. The van der Waals surface area contributed by atoms with Crippen LogP contribution in [0.1, 0.15) is 24.8 Å². The third-order valence-corrected chi connectivity index (χ3v) is 3.34. The molecule has 1 N–H and O–H groups in total. The molecule has 1 aromatic heterocycles. The molecule has 0 radical (unpaired) electrons. The summed E-state index contributed by atoms with van der Waals surface area (Å²) >= 11 is 0. The summed E-state index contributed by atoms with van der Waals surface area (Å²) in [5, 5.41) is 3.26. The van der Waals surface area contributed by atoms with Gasteiger partial charge in [-0.1, -0.05) is 18.2 Å². The quantitative estimate of drug-likeness (QED) is 0.892. The van der Waals surface area contributed by atoms with Crippen molar-refractivity contribution in [3.05, 3.63) is 48.4 Å². The van der Waals surface area contributed by atoms with Crippen LogP contribution in [0.25, 0.3) is 0 Å². The zero-order chi connectivity index (χ0) is 12.9. The number of aromatic nitrogens is 2. The van der Waals surface area contributed by atoms with Crippen molar-refractivity contribution in [2.45, 2.75) is 31.9 Å². The summed E-state index contributed by atoms with van der Waals surface area (Å²) in [5.41, 5.74) is 1.15. The predicted molar refractivity (Wildman–Crippen MR) is 74.1 cm³/mol. The Morgan fingerprint density at radius 1 is 1.21 bits per heavy atom. The minimum Gasteiger partial charge on any atom is -0.490 e. The van der Waals surface area contributed by atoms with Gasteiger partial charge in [-0.2, -0.15) is 0 Å². The van der Waals surface area contributed by atoms with Crippen molar-refractivity contribution in [3.8, 4) is 5.75 Å². The van der Waals surface area contributed by atoms with E-state index in [0.717, 1.165) is 17.1 Å². The van der Waals surface area contributed by atoms with E-state index in [1.807, 2.05) is 18.2 Å². The van der Waals surface area contributed by atoms with Crippen molar-refractivity contribution in [3.63, 3.8) is 0 Å². The summed E-state index contributed by atoms with van der Waals surface area (Å²) in [4.78, 5) is 8.23. The van der Waals surface area contributed by atoms with E-state index in [-0.39, 0.29) is 0 Å². The number of hydrogen-bond acceptors (Lipinski definition) is 4. The highest BCUT2D eigenvalue weighted by atomic mass is 16.5. The maximum Gasteiger partial charge on any atom is 0.144 e. The van der Waals surface area contributed by atoms with Gasteiger partial charge in [0.25, 0.3) is 0 Å². The molecule has 0 amide bonds. The molecule has 1 fully saturated rings. The van der Waals surface area contributed by atoms with Crippen molar-refractivity contribution in [2.75, 3.05) is 5.32 Å². The second-order valence-corrected chi connectivity index (χ2v) is 4.72. The van der Waals surface area contributed by atoms with E-state index in [2.05, 4.69) is 21.4 Å². The molecular weight excluding hydrogens is 238 g/mol.